The molecule has 4 rings (SSSR count). The number of aldehydes is 1. The second kappa shape index (κ2) is 8.56. The average Bonchev–Trinajstić information content (AvgIpc) is 3.24. The zero-order chi connectivity index (χ0) is 21.1. The van der Waals surface area contributed by atoms with Crippen molar-refractivity contribution in [3.8, 4) is 40.6 Å². The molecule has 0 aromatic heterocycles. The summed E-state index contributed by atoms with van der Waals surface area (Å²) in [6, 6.07) is 6.89. The summed E-state index contributed by atoms with van der Waals surface area (Å²) in [6.07, 6.45) is 1.65. The Morgan fingerprint density at radius 1 is 1.20 bits per heavy atom. The average molecular weight is 409 g/mol. The van der Waals surface area contributed by atoms with Crippen LogP contribution in [-0.2, 0) is 6.42 Å². The summed E-state index contributed by atoms with van der Waals surface area (Å²) < 4.78 is 27.9. The maximum atomic E-state index is 10.9. The van der Waals surface area contributed by atoms with E-state index in [1.54, 1.807) is 25.3 Å². The van der Waals surface area contributed by atoms with Crippen molar-refractivity contribution >= 4 is 6.29 Å². The van der Waals surface area contributed by atoms with Crippen LogP contribution in [0, 0.1) is 11.8 Å². The number of ether oxygens (including phenoxy) is 5. The van der Waals surface area contributed by atoms with Gasteiger partial charge in [-0.05, 0) is 43.3 Å². The van der Waals surface area contributed by atoms with Crippen LogP contribution in [-0.4, -0.2) is 52.4 Å². The number of carbonyl (C=O) groups is 1. The van der Waals surface area contributed by atoms with Crippen molar-refractivity contribution in [3.63, 3.8) is 0 Å². The summed E-state index contributed by atoms with van der Waals surface area (Å²) in [5, 5.41) is 0. The van der Waals surface area contributed by atoms with E-state index in [0.29, 0.717) is 28.6 Å². The van der Waals surface area contributed by atoms with E-state index in [2.05, 4.69) is 16.7 Å². The lowest BCUT2D eigenvalue weighted by Crippen LogP contribution is -2.31. The lowest BCUT2D eigenvalue weighted by atomic mass is 9.91. The Balaban J connectivity index is 1.57. The molecule has 7 nitrogen and oxygen atoms in total. The summed E-state index contributed by atoms with van der Waals surface area (Å²) in [5.74, 6) is 9.47. The molecule has 0 bridgehead atoms. The first kappa shape index (κ1) is 19.9. The summed E-state index contributed by atoms with van der Waals surface area (Å²) in [7, 11) is 5.20. The fourth-order valence-electron chi connectivity index (χ4n) is 3.74. The maximum Gasteiger partial charge on any atom is 0.231 e. The smallest absolute Gasteiger partial charge is 0.231 e. The van der Waals surface area contributed by atoms with Gasteiger partial charge in [0, 0.05) is 17.7 Å². The van der Waals surface area contributed by atoms with E-state index in [1.807, 2.05) is 13.1 Å². The van der Waals surface area contributed by atoms with Crippen molar-refractivity contribution in [3.05, 3.63) is 41.0 Å². The highest BCUT2D eigenvalue weighted by Crippen LogP contribution is 2.49. The van der Waals surface area contributed by atoms with Crippen LogP contribution >= 0.6 is 0 Å². The van der Waals surface area contributed by atoms with Crippen LogP contribution in [0.25, 0.3) is 0 Å². The number of carbonyl (C=O) groups excluding carboxylic acids is 1. The number of fused-ring (bicyclic) bond motifs is 2. The van der Waals surface area contributed by atoms with Crippen LogP contribution in [0.15, 0.2) is 24.3 Å². The normalized spacial score (nSPS) is 16.8. The third-order valence-corrected chi connectivity index (χ3v) is 5.26. The lowest BCUT2D eigenvalue weighted by molar-refractivity contribution is 0.112. The zero-order valence-electron chi connectivity index (χ0n) is 17.2. The van der Waals surface area contributed by atoms with Crippen molar-refractivity contribution in [1.29, 1.82) is 0 Å². The van der Waals surface area contributed by atoms with Crippen molar-refractivity contribution in [1.82, 2.24) is 4.90 Å². The highest BCUT2D eigenvalue weighted by molar-refractivity contribution is 5.76. The van der Waals surface area contributed by atoms with E-state index < -0.39 is 0 Å². The van der Waals surface area contributed by atoms with Crippen molar-refractivity contribution in [2.24, 2.45) is 0 Å². The first-order chi connectivity index (χ1) is 14.7. The molecule has 0 unspecified atom stereocenters. The van der Waals surface area contributed by atoms with Gasteiger partial charge in [-0.25, -0.2) is 0 Å². The summed E-state index contributed by atoms with van der Waals surface area (Å²) in [6.45, 7) is 1.25. The van der Waals surface area contributed by atoms with Gasteiger partial charge in [-0.15, -0.1) is 0 Å². The predicted octanol–water partition coefficient (Wildman–Crippen LogP) is 2.86. The highest BCUT2D eigenvalue weighted by atomic mass is 16.7. The lowest BCUT2D eigenvalue weighted by Gasteiger charge is -2.32. The van der Waals surface area contributed by atoms with Gasteiger partial charge in [0.05, 0.1) is 14.2 Å². The van der Waals surface area contributed by atoms with Crippen LogP contribution in [0.5, 0.6) is 28.7 Å². The minimum absolute atomic E-state index is 0.152. The van der Waals surface area contributed by atoms with Gasteiger partial charge in [0.25, 0.3) is 0 Å². The van der Waals surface area contributed by atoms with E-state index in [9.17, 15) is 4.79 Å². The Morgan fingerprint density at radius 2 is 2.07 bits per heavy atom. The number of benzene rings is 2. The van der Waals surface area contributed by atoms with E-state index >= 15 is 0 Å². The van der Waals surface area contributed by atoms with Gasteiger partial charge in [0.15, 0.2) is 23.0 Å². The van der Waals surface area contributed by atoms with E-state index in [0.717, 1.165) is 36.1 Å². The van der Waals surface area contributed by atoms with E-state index in [1.165, 1.54) is 7.11 Å². The second-order valence-corrected chi connectivity index (χ2v) is 6.99. The van der Waals surface area contributed by atoms with Gasteiger partial charge in [0.1, 0.15) is 18.9 Å². The molecule has 156 valence electrons. The monoisotopic (exact) mass is 409 g/mol. The van der Waals surface area contributed by atoms with Crippen LogP contribution in [0.2, 0.25) is 0 Å². The third kappa shape index (κ3) is 3.62. The molecule has 2 aliphatic rings. The van der Waals surface area contributed by atoms with E-state index in [-0.39, 0.29) is 19.4 Å². The molecule has 7 heteroatoms. The van der Waals surface area contributed by atoms with Gasteiger partial charge in [-0.1, -0.05) is 11.8 Å². The second-order valence-electron chi connectivity index (χ2n) is 6.99. The number of nitrogens with zero attached hydrogens (tertiary/aromatic N) is 1. The topological polar surface area (TPSA) is 66.5 Å². The quantitative estimate of drug-likeness (QED) is 0.556. The minimum atomic E-state index is -0.152. The van der Waals surface area contributed by atoms with Crippen LogP contribution in [0.4, 0.5) is 0 Å². The standard InChI is InChI=1S/C23H23NO6/c1-24-9-8-16-12-20-22(30-14-29-20)23(27-3)21(16)17(24)5-4-10-28-18-7-6-15(13-25)11-19(18)26-2/h6-7,11-13,17H,8-10,14H2,1-3H3/t17-/m1/s1. The largest absolute Gasteiger partial charge is 0.493 e. The fraction of sp³-hybridized carbons (Fsp3) is 0.348. The van der Waals surface area contributed by atoms with Gasteiger partial charge in [-0.2, -0.15) is 0 Å². The Morgan fingerprint density at radius 3 is 2.83 bits per heavy atom. The van der Waals surface area contributed by atoms with Crippen LogP contribution < -0.4 is 23.7 Å². The molecular weight excluding hydrogens is 386 g/mol. The van der Waals surface area contributed by atoms with Crippen molar-refractivity contribution < 1.29 is 28.5 Å². The van der Waals surface area contributed by atoms with E-state index in [4.69, 9.17) is 23.7 Å². The number of hydrogen-bond donors (Lipinski definition) is 0. The number of likely N-dealkylation sites (N-methyl/N-ethyl adjacent to an activating group) is 1. The molecule has 2 aliphatic heterocycles. The first-order valence-electron chi connectivity index (χ1n) is 9.60. The van der Waals surface area contributed by atoms with Crippen LogP contribution in [0.3, 0.4) is 0 Å². The zero-order valence-corrected chi connectivity index (χ0v) is 17.2. The maximum absolute atomic E-state index is 10.9. The predicted molar refractivity (Wildman–Crippen MR) is 110 cm³/mol. The third-order valence-electron chi connectivity index (χ3n) is 5.26. The van der Waals surface area contributed by atoms with Crippen LogP contribution in [0.1, 0.15) is 27.5 Å². The molecule has 0 N–H and O–H groups in total. The summed E-state index contributed by atoms with van der Waals surface area (Å²) in [5.41, 5.74) is 2.69. The number of methoxy groups -OCH3 is 2. The summed E-state index contributed by atoms with van der Waals surface area (Å²) in [4.78, 5) is 13.1. The molecule has 30 heavy (non-hydrogen) atoms. The Kier molecular flexibility index (Phi) is 5.68. The fourth-order valence-corrected chi connectivity index (χ4v) is 3.74. The van der Waals surface area contributed by atoms with Crippen molar-refractivity contribution in [2.75, 3.05) is 41.2 Å². The molecule has 0 aliphatic carbocycles. The molecule has 0 amide bonds. The Labute approximate surface area is 175 Å². The molecule has 2 aromatic carbocycles. The molecule has 0 fully saturated rings. The molecule has 0 radical (unpaired) electrons. The Bertz CT molecular complexity index is 1020. The minimum Gasteiger partial charge on any atom is -0.493 e. The molecule has 0 saturated carbocycles. The Hall–Kier alpha value is -3.37. The SMILES string of the molecule is COc1cc(C=O)ccc1OCC#C[C@@H]1c2c(cc3c(c2OC)OCO3)CCN1C. The van der Waals surface area contributed by atoms with Gasteiger partial charge < -0.3 is 23.7 Å². The molecule has 2 heterocycles. The van der Waals surface area contributed by atoms with Gasteiger partial charge in [0.2, 0.25) is 12.5 Å². The summed E-state index contributed by atoms with van der Waals surface area (Å²) >= 11 is 0. The number of rotatable bonds is 5. The molecule has 0 saturated heterocycles. The molecule has 2 aromatic rings. The van der Waals surface area contributed by atoms with Gasteiger partial charge in [-0.3, -0.25) is 9.69 Å². The molecule has 0 spiro atoms. The first-order valence-corrected chi connectivity index (χ1v) is 9.60. The molecule has 1 atom stereocenters. The number of hydrogen-bond acceptors (Lipinski definition) is 7. The highest BCUT2D eigenvalue weighted by Gasteiger charge is 2.33. The van der Waals surface area contributed by atoms with Crippen molar-refractivity contribution in [2.45, 2.75) is 12.5 Å². The van der Waals surface area contributed by atoms with Gasteiger partial charge >= 0.3 is 0 Å². The molecular formula is C23H23NO6.